The monoisotopic (exact) mass is 558 g/mol. The summed E-state index contributed by atoms with van der Waals surface area (Å²) in [6.07, 6.45) is 4.37. The van der Waals surface area contributed by atoms with Crippen molar-refractivity contribution in [1.82, 2.24) is 19.4 Å². The van der Waals surface area contributed by atoms with Gasteiger partial charge in [-0.05, 0) is 81.9 Å². The van der Waals surface area contributed by atoms with Gasteiger partial charge in [-0.2, -0.15) is 0 Å². The second-order valence-corrected chi connectivity index (χ2v) is 12.1. The van der Waals surface area contributed by atoms with Gasteiger partial charge in [0.15, 0.2) is 0 Å². The van der Waals surface area contributed by atoms with E-state index in [1.54, 1.807) is 11.6 Å². The standard InChI is InChI=1S/C31H38N6O2S/c1-20(27-10-11-28(40-27)24-9-5-4-8-22(24)19-37-14-6-7-15-37)32-29-25-18-26(35-23-12-16-39-17-13-23)31(38)36(3)30(25)34-21(2)33-29/h4-5,8-11,18,20,23,35H,6-7,12-17,19H2,1-3H3,(H,32,33,34)/t20-/m1/s1. The summed E-state index contributed by atoms with van der Waals surface area (Å²) in [6.45, 7) is 8.84. The number of hydrogen-bond donors (Lipinski definition) is 2. The zero-order valence-corrected chi connectivity index (χ0v) is 24.4. The summed E-state index contributed by atoms with van der Waals surface area (Å²) in [6, 6.07) is 15.4. The zero-order chi connectivity index (χ0) is 27.6. The number of anilines is 2. The molecule has 9 heteroatoms. The van der Waals surface area contributed by atoms with Crippen molar-refractivity contribution < 1.29 is 4.74 Å². The van der Waals surface area contributed by atoms with Gasteiger partial charge in [-0.15, -0.1) is 11.3 Å². The van der Waals surface area contributed by atoms with Gasteiger partial charge < -0.3 is 15.4 Å². The third-order valence-electron chi connectivity index (χ3n) is 8.04. The van der Waals surface area contributed by atoms with Crippen LogP contribution < -0.4 is 16.2 Å². The van der Waals surface area contributed by atoms with Gasteiger partial charge in [0.25, 0.3) is 5.56 Å². The maximum Gasteiger partial charge on any atom is 0.275 e. The van der Waals surface area contributed by atoms with E-state index in [4.69, 9.17) is 9.72 Å². The zero-order valence-electron chi connectivity index (χ0n) is 23.6. The number of fused-ring (bicyclic) bond motifs is 1. The van der Waals surface area contributed by atoms with Gasteiger partial charge in [-0.1, -0.05) is 24.3 Å². The molecule has 2 aliphatic rings. The predicted molar refractivity (Wildman–Crippen MR) is 163 cm³/mol. The summed E-state index contributed by atoms with van der Waals surface area (Å²) in [5.74, 6) is 1.37. The van der Waals surface area contributed by atoms with E-state index in [1.807, 2.05) is 24.3 Å². The van der Waals surface area contributed by atoms with Crippen molar-refractivity contribution in [3.63, 3.8) is 0 Å². The number of hydrogen-bond acceptors (Lipinski definition) is 8. The number of nitrogens with one attached hydrogen (secondary N) is 2. The summed E-state index contributed by atoms with van der Waals surface area (Å²) in [7, 11) is 1.78. The largest absolute Gasteiger partial charge is 0.381 e. The molecule has 6 rings (SSSR count). The number of thiophene rings is 1. The van der Waals surface area contributed by atoms with Crippen LogP contribution in [0.5, 0.6) is 0 Å². The van der Waals surface area contributed by atoms with Crippen molar-refractivity contribution >= 4 is 33.9 Å². The molecular formula is C31H38N6O2S. The van der Waals surface area contributed by atoms with E-state index in [-0.39, 0.29) is 17.6 Å². The lowest BCUT2D eigenvalue weighted by Gasteiger charge is -2.24. The van der Waals surface area contributed by atoms with Crippen LogP contribution in [-0.2, 0) is 18.3 Å². The SMILES string of the molecule is Cc1nc(N[C@H](C)c2ccc(-c3ccccc3CN3CCCC3)s2)c2cc(NC3CCOCC3)c(=O)n(C)c2n1. The number of aryl methyl sites for hydroxylation is 2. The molecule has 2 saturated heterocycles. The van der Waals surface area contributed by atoms with Crippen LogP contribution in [0.25, 0.3) is 21.5 Å². The Labute approximate surface area is 239 Å². The summed E-state index contributed by atoms with van der Waals surface area (Å²) >= 11 is 1.82. The first-order valence-corrected chi connectivity index (χ1v) is 15.2. The van der Waals surface area contributed by atoms with Crippen LogP contribution in [-0.4, -0.2) is 51.8 Å². The molecule has 40 heavy (non-hydrogen) atoms. The van der Waals surface area contributed by atoms with Crippen LogP contribution in [0, 0.1) is 6.92 Å². The van der Waals surface area contributed by atoms with Crippen LogP contribution >= 0.6 is 11.3 Å². The Morgan fingerprint density at radius 3 is 2.67 bits per heavy atom. The molecule has 2 aliphatic heterocycles. The van der Waals surface area contributed by atoms with Crippen LogP contribution in [0.3, 0.4) is 0 Å². The first-order chi connectivity index (χ1) is 19.5. The number of ether oxygens (including phenoxy) is 1. The van der Waals surface area contributed by atoms with Gasteiger partial charge in [0.2, 0.25) is 0 Å². The van der Waals surface area contributed by atoms with E-state index >= 15 is 0 Å². The summed E-state index contributed by atoms with van der Waals surface area (Å²) < 4.78 is 7.12. The molecule has 210 valence electrons. The maximum atomic E-state index is 13.2. The van der Waals surface area contributed by atoms with E-state index in [0.717, 1.165) is 30.6 Å². The van der Waals surface area contributed by atoms with Crippen molar-refractivity contribution in [3.05, 3.63) is 69.1 Å². The Bertz CT molecular complexity index is 1550. The van der Waals surface area contributed by atoms with Crippen molar-refractivity contribution in [2.75, 3.05) is 36.9 Å². The Hall–Kier alpha value is -3.27. The third-order valence-corrected chi connectivity index (χ3v) is 9.34. The first-order valence-electron chi connectivity index (χ1n) is 14.4. The van der Waals surface area contributed by atoms with Crippen molar-refractivity contribution in [2.45, 2.75) is 58.2 Å². The molecule has 2 fully saturated rings. The normalized spacial score (nSPS) is 17.4. The van der Waals surface area contributed by atoms with Crippen LogP contribution in [0.1, 0.15) is 54.9 Å². The molecular weight excluding hydrogens is 520 g/mol. The molecule has 0 bridgehead atoms. The van der Waals surface area contributed by atoms with E-state index in [0.29, 0.717) is 30.4 Å². The Morgan fingerprint density at radius 2 is 1.88 bits per heavy atom. The van der Waals surface area contributed by atoms with E-state index in [9.17, 15) is 4.79 Å². The predicted octanol–water partition coefficient (Wildman–Crippen LogP) is 5.73. The number of likely N-dealkylation sites (tertiary alicyclic amines) is 1. The number of rotatable bonds is 8. The average Bonchev–Trinajstić information content (AvgIpc) is 3.66. The van der Waals surface area contributed by atoms with Gasteiger partial charge in [0, 0.05) is 42.6 Å². The van der Waals surface area contributed by atoms with Gasteiger partial charge in [0.05, 0.1) is 11.4 Å². The molecule has 0 saturated carbocycles. The molecule has 4 aromatic rings. The van der Waals surface area contributed by atoms with Gasteiger partial charge in [-0.25, -0.2) is 9.97 Å². The summed E-state index contributed by atoms with van der Waals surface area (Å²) in [4.78, 5) is 27.7. The molecule has 1 atom stereocenters. The number of aromatic nitrogens is 3. The minimum Gasteiger partial charge on any atom is -0.381 e. The minimum atomic E-state index is -0.0772. The molecule has 1 aromatic carbocycles. The second-order valence-electron chi connectivity index (χ2n) is 11.0. The Kier molecular flexibility index (Phi) is 7.87. The fourth-order valence-corrected chi connectivity index (χ4v) is 6.87. The van der Waals surface area contributed by atoms with E-state index < -0.39 is 0 Å². The number of benzene rings is 1. The first kappa shape index (κ1) is 26.9. The third kappa shape index (κ3) is 5.64. The summed E-state index contributed by atoms with van der Waals surface area (Å²) in [5.41, 5.74) is 3.85. The molecule has 2 N–H and O–H groups in total. The van der Waals surface area contributed by atoms with Crippen molar-refractivity contribution in [3.8, 4) is 10.4 Å². The molecule has 3 aromatic heterocycles. The highest BCUT2D eigenvalue weighted by molar-refractivity contribution is 7.15. The van der Waals surface area contributed by atoms with E-state index in [2.05, 4.69) is 63.8 Å². The molecule has 0 aliphatic carbocycles. The highest BCUT2D eigenvalue weighted by Crippen LogP contribution is 2.36. The molecule has 8 nitrogen and oxygen atoms in total. The lowest BCUT2D eigenvalue weighted by atomic mass is 10.1. The van der Waals surface area contributed by atoms with Crippen molar-refractivity contribution in [2.24, 2.45) is 7.05 Å². The Morgan fingerprint density at radius 1 is 1.10 bits per heavy atom. The fourth-order valence-electron chi connectivity index (χ4n) is 5.80. The minimum absolute atomic E-state index is 0.0335. The topological polar surface area (TPSA) is 84.3 Å². The smallest absolute Gasteiger partial charge is 0.275 e. The lowest BCUT2D eigenvalue weighted by Crippen LogP contribution is -2.32. The molecule has 0 amide bonds. The number of pyridine rings is 1. The second kappa shape index (κ2) is 11.7. The highest BCUT2D eigenvalue weighted by atomic mass is 32.1. The quantitative estimate of drug-likeness (QED) is 0.286. The molecule has 0 spiro atoms. The number of nitrogens with zero attached hydrogens (tertiary/aromatic N) is 4. The van der Waals surface area contributed by atoms with Gasteiger partial charge >= 0.3 is 0 Å². The highest BCUT2D eigenvalue weighted by Gasteiger charge is 2.20. The van der Waals surface area contributed by atoms with Crippen LogP contribution in [0.15, 0.2) is 47.3 Å². The molecule has 5 heterocycles. The summed E-state index contributed by atoms with van der Waals surface area (Å²) in [5, 5.41) is 7.94. The Balaban J connectivity index is 1.27. The van der Waals surface area contributed by atoms with Gasteiger partial charge in [-0.3, -0.25) is 14.3 Å². The van der Waals surface area contributed by atoms with E-state index in [1.165, 1.54) is 46.8 Å². The maximum absolute atomic E-state index is 13.2. The molecule has 0 unspecified atom stereocenters. The van der Waals surface area contributed by atoms with Crippen LogP contribution in [0.2, 0.25) is 0 Å². The lowest BCUT2D eigenvalue weighted by molar-refractivity contribution is 0.0904. The van der Waals surface area contributed by atoms with Crippen LogP contribution in [0.4, 0.5) is 11.5 Å². The van der Waals surface area contributed by atoms with Crippen molar-refractivity contribution in [1.29, 1.82) is 0 Å². The average molecular weight is 559 g/mol. The fraction of sp³-hybridized carbons (Fsp3) is 0.452. The molecule has 0 radical (unpaired) electrons. The van der Waals surface area contributed by atoms with Gasteiger partial charge in [0.1, 0.15) is 23.0 Å².